The third kappa shape index (κ3) is 23.9. The normalized spacial score (nSPS) is 10.3. The van der Waals surface area contributed by atoms with Crippen LogP contribution in [0.1, 0.15) is 50.9 Å². The van der Waals surface area contributed by atoms with Crippen LogP contribution in [0.4, 0.5) is 13.2 Å². The van der Waals surface area contributed by atoms with Crippen molar-refractivity contribution in [2.45, 2.75) is 47.8 Å². The first-order valence-corrected chi connectivity index (χ1v) is 31.6. The lowest BCUT2D eigenvalue weighted by molar-refractivity contribution is -0.146. The van der Waals surface area contributed by atoms with Crippen molar-refractivity contribution in [1.29, 1.82) is 0 Å². The Kier molecular flexibility index (Phi) is 31.0. The number of carbonyl (C=O) groups excluding carboxylic acids is 4. The van der Waals surface area contributed by atoms with Gasteiger partial charge in [-0.15, -0.1) is 22.7 Å². The molecule has 2 aromatic heterocycles. The van der Waals surface area contributed by atoms with E-state index in [9.17, 15) is 32.3 Å². The average Bonchev–Trinajstić information content (AvgIpc) is 1.79. The molecule has 0 aliphatic rings. The summed E-state index contributed by atoms with van der Waals surface area (Å²) in [6.45, 7) is 10.0. The summed E-state index contributed by atoms with van der Waals surface area (Å²) in [7, 11) is 5.54. The van der Waals surface area contributed by atoms with E-state index in [1.807, 2.05) is 38.3 Å². The Morgan fingerprint density at radius 1 is 0.533 bits per heavy atom. The second kappa shape index (κ2) is 38.4. The number of hydrogen-bond donors (Lipinski definition) is 1. The molecule has 2 heterocycles. The molecule has 0 unspecified atom stereocenters. The number of aryl methyl sites for hydroxylation is 3. The summed E-state index contributed by atoms with van der Waals surface area (Å²) in [6, 6.07) is 29.5. The van der Waals surface area contributed by atoms with Gasteiger partial charge in [-0.25, -0.2) is 37.5 Å². The van der Waals surface area contributed by atoms with Crippen molar-refractivity contribution in [2.75, 3.05) is 73.4 Å². The third-order valence-corrected chi connectivity index (χ3v) is 15.2. The maximum absolute atomic E-state index is 14.0. The monoisotopic (exact) mass is 1460 g/mol. The lowest BCUT2D eigenvalue weighted by Crippen LogP contribution is -2.17. The Hall–Kier alpha value is -8.50. The lowest BCUT2D eigenvalue weighted by atomic mass is 10.1. The van der Waals surface area contributed by atoms with E-state index in [4.69, 9.17) is 70.1 Å². The number of nitrogens with two attached hydrogens (primary N) is 1. The molecule has 0 saturated carbocycles. The van der Waals surface area contributed by atoms with Crippen LogP contribution >= 0.6 is 66.8 Å². The molecule has 0 aliphatic heterocycles. The van der Waals surface area contributed by atoms with E-state index < -0.39 is 35.4 Å². The van der Waals surface area contributed by atoms with Gasteiger partial charge in [0.25, 0.3) is 0 Å². The van der Waals surface area contributed by atoms with Crippen LogP contribution < -0.4 is 48.4 Å². The number of methoxy groups -OCH3 is 4. The first kappa shape index (κ1) is 74.2. The van der Waals surface area contributed by atoms with Crippen LogP contribution in [0.5, 0.6) is 51.7 Å². The number of benzene rings is 6. The molecule has 8 rings (SSSR count). The molecule has 0 amide bonds. The van der Waals surface area contributed by atoms with Crippen LogP contribution in [0.2, 0.25) is 0 Å². The van der Waals surface area contributed by atoms with Crippen molar-refractivity contribution < 1.29 is 89.2 Å². The maximum Gasteiger partial charge on any atom is 0.344 e. The second-order valence-corrected chi connectivity index (χ2v) is 23.1. The van der Waals surface area contributed by atoms with Crippen LogP contribution in [0.15, 0.2) is 118 Å². The van der Waals surface area contributed by atoms with Gasteiger partial charge in [-0.3, -0.25) is 4.79 Å². The number of ether oxygens (including phenoxy) is 12. The van der Waals surface area contributed by atoms with E-state index in [2.05, 4.69) is 46.6 Å². The van der Waals surface area contributed by atoms with Gasteiger partial charge in [-0.2, -0.15) is 0 Å². The minimum Gasteiger partial charge on any atom is -0.494 e. The van der Waals surface area contributed by atoms with Crippen molar-refractivity contribution in [2.24, 2.45) is 5.73 Å². The number of thiocarbonyl (C=S) groups is 1. The fourth-order valence-electron chi connectivity index (χ4n) is 7.59. The number of Topliss-reactive ketones (excluding diaryl/α,β-unsaturated/α-hetero) is 1. The molecule has 0 spiro atoms. The molecule has 0 fully saturated rings. The predicted molar refractivity (Wildman–Crippen MR) is 353 cm³/mol. The molecule has 2 N–H and O–H groups in total. The molecule has 6 aromatic carbocycles. The maximum atomic E-state index is 14.0. The highest BCUT2D eigenvalue weighted by atomic mass is 79.9. The molecule has 27 heteroatoms. The Morgan fingerprint density at radius 3 is 1.40 bits per heavy atom. The molecule has 8 aromatic rings. The van der Waals surface area contributed by atoms with Crippen LogP contribution in [-0.4, -0.2) is 112 Å². The number of esters is 3. The number of alkyl halides is 1. The number of ketones is 1. The largest absolute Gasteiger partial charge is 0.494 e. The summed E-state index contributed by atoms with van der Waals surface area (Å²) in [4.78, 5) is 54.2. The van der Waals surface area contributed by atoms with Gasteiger partial charge in [0.2, 0.25) is 0 Å². The molecule has 0 saturated heterocycles. The van der Waals surface area contributed by atoms with E-state index in [0.29, 0.717) is 80.8 Å². The minimum atomic E-state index is -0.519. The van der Waals surface area contributed by atoms with Crippen LogP contribution in [0.25, 0.3) is 22.5 Å². The highest BCUT2D eigenvalue weighted by Gasteiger charge is 2.17. The summed E-state index contributed by atoms with van der Waals surface area (Å²) in [5, 5.41) is 3.55. The van der Waals surface area contributed by atoms with Crippen molar-refractivity contribution in [3.63, 3.8) is 0 Å². The van der Waals surface area contributed by atoms with Gasteiger partial charge < -0.3 is 62.6 Å². The quantitative estimate of drug-likeness (QED) is 0.0166. The topological polar surface area (TPSA) is 231 Å². The fourth-order valence-corrected chi connectivity index (χ4v) is 10.3. The van der Waals surface area contributed by atoms with Crippen molar-refractivity contribution in [3.8, 4) is 74.3 Å². The Balaban J connectivity index is 0.000000234. The van der Waals surface area contributed by atoms with Gasteiger partial charge in [0.1, 0.15) is 69.3 Å². The fraction of sp³-hybridized carbons (Fsp3) is 0.277. The van der Waals surface area contributed by atoms with E-state index in [-0.39, 0.29) is 68.0 Å². The molecular formula is C65H66Br2F3N3O16S3. The van der Waals surface area contributed by atoms with E-state index in [1.165, 1.54) is 81.4 Å². The summed E-state index contributed by atoms with van der Waals surface area (Å²) >= 11 is 14.1. The number of halogens is 5. The molecule has 19 nitrogen and oxygen atoms in total. The number of rotatable bonds is 27. The van der Waals surface area contributed by atoms with Crippen molar-refractivity contribution in [1.82, 2.24) is 9.97 Å². The van der Waals surface area contributed by atoms with E-state index in [0.717, 1.165) is 30.5 Å². The average molecular weight is 1460 g/mol. The van der Waals surface area contributed by atoms with Gasteiger partial charge in [0, 0.05) is 22.1 Å². The SMILES string of the molecule is CCOC(=O)COc1ccc(OCc2nc(-c3ccc(OC)c(F)c3)c(Br)s2)cc1C.CCOC(=O)COc1ccc(OCc2nc(-c3ccc(OC)c(F)c3)cs2)cc1C.COC(=O)COc1ccc(OCC(N)=S)cc1C.COc1ccc(C(=O)CBr)cc1F. The number of hydrogen-bond acceptors (Lipinski definition) is 21. The molecule has 0 radical (unpaired) electrons. The van der Waals surface area contributed by atoms with E-state index >= 15 is 0 Å². The highest BCUT2D eigenvalue weighted by molar-refractivity contribution is 9.11. The van der Waals surface area contributed by atoms with Gasteiger partial charge in [-0.1, -0.05) is 28.1 Å². The van der Waals surface area contributed by atoms with Crippen LogP contribution in [0.3, 0.4) is 0 Å². The van der Waals surface area contributed by atoms with Crippen LogP contribution in [-0.2, 0) is 41.8 Å². The zero-order valence-electron chi connectivity index (χ0n) is 51.5. The molecule has 0 aliphatic carbocycles. The highest BCUT2D eigenvalue weighted by Crippen LogP contribution is 2.36. The van der Waals surface area contributed by atoms with Gasteiger partial charge in [0.15, 0.2) is 60.3 Å². The zero-order valence-corrected chi connectivity index (χ0v) is 57.1. The first-order chi connectivity index (χ1) is 44.1. The number of aromatic nitrogens is 2. The molecular weight excluding hydrogens is 1390 g/mol. The summed E-state index contributed by atoms with van der Waals surface area (Å²) in [6.07, 6.45) is 0. The van der Waals surface area contributed by atoms with Crippen molar-refractivity contribution in [3.05, 3.63) is 168 Å². The Bertz CT molecular complexity index is 3780. The predicted octanol–water partition coefficient (Wildman–Crippen LogP) is 14.0. The molecule has 0 bridgehead atoms. The first-order valence-electron chi connectivity index (χ1n) is 27.6. The smallest absolute Gasteiger partial charge is 0.344 e. The number of carbonyl (C=O) groups is 4. The van der Waals surface area contributed by atoms with E-state index in [1.54, 1.807) is 80.6 Å². The summed E-state index contributed by atoms with van der Waals surface area (Å²) in [5.41, 5.74) is 10.8. The van der Waals surface area contributed by atoms with Gasteiger partial charge in [-0.05, 0) is 176 Å². The van der Waals surface area contributed by atoms with Gasteiger partial charge >= 0.3 is 17.9 Å². The zero-order chi connectivity index (χ0) is 67.3. The Labute approximate surface area is 560 Å². The number of thiazole rings is 2. The third-order valence-electron chi connectivity index (χ3n) is 12.1. The summed E-state index contributed by atoms with van der Waals surface area (Å²) < 4.78 is 104. The van der Waals surface area contributed by atoms with Crippen molar-refractivity contribution >= 4 is 95.4 Å². The number of nitrogens with zero attached hydrogens (tertiary/aromatic N) is 2. The molecule has 0 atom stereocenters. The second-order valence-electron chi connectivity index (χ2n) is 18.6. The Morgan fingerprint density at radius 2 is 0.967 bits per heavy atom. The summed E-state index contributed by atoms with van der Waals surface area (Å²) in [5.74, 6) is 1.45. The minimum absolute atomic E-state index is 0.121. The standard InChI is InChI=1S/C22H21BrFNO5S.C22H22FNO5S.C12H15NO4S.C9H8BrFO2/c1-4-28-20(26)12-30-17-8-6-15(9-13(17)2)29-11-19-25-21(22(23)31-19)14-5-7-18(27-3)16(24)10-14;1-4-27-22(25)12-29-19-8-6-16(9-14(19)2)28-11-21-24-18(13-30-21)15-5-7-20(26-3)17(23)10-15;1-8-5-9(16-6-11(13)18)3-4-10(8)17-7-12(14)15-2;1-13-9-3-2-6(4-7(9)11)8(12)5-10/h5-10H,4,11-12H2,1-3H3;5-10,13H,4,11-12H2,1-3H3;3-5H,6-7H2,1-2H3,(H2,13,18);2-4H,5H2,1H3. The van der Waals surface area contributed by atoms with Gasteiger partial charge in [0.05, 0.1) is 62.2 Å². The molecule has 92 heavy (non-hydrogen) atoms. The van der Waals surface area contributed by atoms with Crippen LogP contribution in [0, 0.1) is 38.2 Å². The lowest BCUT2D eigenvalue weighted by Gasteiger charge is -2.10. The molecule has 490 valence electrons.